The first-order valence-corrected chi connectivity index (χ1v) is 6.78. The molecule has 2 rings (SSSR count). The maximum atomic E-state index is 10.7. The summed E-state index contributed by atoms with van der Waals surface area (Å²) in [6.07, 6.45) is 4.34. The van der Waals surface area contributed by atoms with Crippen LogP contribution in [0.5, 0.6) is 0 Å². The number of nitrogens with zero attached hydrogens (tertiary/aromatic N) is 1. The van der Waals surface area contributed by atoms with Crippen molar-refractivity contribution < 1.29 is 9.90 Å². The molecule has 0 amide bonds. The van der Waals surface area contributed by atoms with E-state index in [0.29, 0.717) is 6.04 Å². The van der Waals surface area contributed by atoms with Gasteiger partial charge in [0, 0.05) is 24.7 Å². The van der Waals surface area contributed by atoms with E-state index in [0.717, 1.165) is 25.8 Å². The molecule has 98 valence electrons. The Balaban J connectivity index is 2.12. The highest BCUT2D eigenvalue weighted by atomic mass is 16.4. The third kappa shape index (κ3) is 2.84. The zero-order valence-corrected chi connectivity index (χ0v) is 10.9. The molecule has 1 atom stereocenters. The van der Waals surface area contributed by atoms with Gasteiger partial charge in [0.2, 0.25) is 0 Å². The van der Waals surface area contributed by atoms with Crippen molar-refractivity contribution in [1.29, 1.82) is 0 Å². The molecule has 0 bridgehead atoms. The summed E-state index contributed by atoms with van der Waals surface area (Å²) in [5.74, 6) is -0.689. The number of hydrogen-bond acceptors (Lipinski definition) is 2. The smallest absolute Gasteiger partial charge is 0.303 e. The highest BCUT2D eigenvalue weighted by molar-refractivity contribution is 5.67. The minimum absolute atomic E-state index is 0.273. The van der Waals surface area contributed by atoms with Crippen LogP contribution in [0.2, 0.25) is 0 Å². The molecule has 1 aromatic rings. The van der Waals surface area contributed by atoms with Gasteiger partial charge in [-0.05, 0) is 37.3 Å². The van der Waals surface area contributed by atoms with Gasteiger partial charge in [-0.3, -0.25) is 4.79 Å². The van der Waals surface area contributed by atoms with Gasteiger partial charge in [-0.15, -0.1) is 0 Å². The average molecular weight is 247 g/mol. The van der Waals surface area contributed by atoms with Crippen molar-refractivity contribution in [2.45, 2.75) is 45.1 Å². The van der Waals surface area contributed by atoms with Crippen LogP contribution in [0, 0.1) is 0 Å². The Morgan fingerprint density at radius 2 is 2.22 bits per heavy atom. The molecule has 1 aliphatic heterocycles. The monoisotopic (exact) mass is 247 g/mol. The van der Waals surface area contributed by atoms with E-state index < -0.39 is 5.97 Å². The van der Waals surface area contributed by atoms with Gasteiger partial charge in [0.05, 0.1) is 0 Å². The molecule has 1 aliphatic rings. The molecular formula is C15H21NO2. The number of anilines is 1. The Bertz CT molecular complexity index is 417. The molecule has 1 N–H and O–H groups in total. The lowest BCUT2D eigenvalue weighted by Crippen LogP contribution is -2.30. The lowest BCUT2D eigenvalue weighted by Gasteiger charge is -2.28. The maximum Gasteiger partial charge on any atom is 0.303 e. The fourth-order valence-corrected chi connectivity index (χ4v) is 2.83. The van der Waals surface area contributed by atoms with Crippen LogP contribution in [-0.4, -0.2) is 23.7 Å². The summed E-state index contributed by atoms with van der Waals surface area (Å²) < 4.78 is 0. The molecule has 0 aromatic heterocycles. The van der Waals surface area contributed by atoms with Crippen molar-refractivity contribution >= 4 is 11.7 Å². The summed E-state index contributed by atoms with van der Waals surface area (Å²) in [6.45, 7) is 3.22. The highest BCUT2D eigenvalue weighted by Gasteiger charge is 2.26. The molecule has 1 saturated heterocycles. The van der Waals surface area contributed by atoms with Crippen molar-refractivity contribution in [3.8, 4) is 0 Å². The SMILES string of the molecule is CCc1ccccc1N1CCCC1CCC(=O)O. The van der Waals surface area contributed by atoms with E-state index >= 15 is 0 Å². The van der Waals surface area contributed by atoms with Crippen molar-refractivity contribution in [1.82, 2.24) is 0 Å². The Morgan fingerprint density at radius 3 is 2.94 bits per heavy atom. The first-order valence-electron chi connectivity index (χ1n) is 6.78. The summed E-state index contributed by atoms with van der Waals surface area (Å²) in [6, 6.07) is 8.87. The second-order valence-electron chi connectivity index (χ2n) is 4.90. The van der Waals surface area contributed by atoms with Crippen LogP contribution in [0.25, 0.3) is 0 Å². The predicted molar refractivity (Wildman–Crippen MR) is 73.1 cm³/mol. The van der Waals surface area contributed by atoms with Gasteiger partial charge >= 0.3 is 5.97 Å². The molecule has 1 heterocycles. The van der Waals surface area contributed by atoms with E-state index in [4.69, 9.17) is 5.11 Å². The summed E-state index contributed by atoms with van der Waals surface area (Å²) in [7, 11) is 0. The molecule has 0 aliphatic carbocycles. The zero-order chi connectivity index (χ0) is 13.0. The predicted octanol–water partition coefficient (Wildman–Crippen LogP) is 3.08. The molecule has 3 nitrogen and oxygen atoms in total. The van der Waals surface area contributed by atoms with Crippen LogP contribution in [0.15, 0.2) is 24.3 Å². The van der Waals surface area contributed by atoms with Gasteiger partial charge in [0.25, 0.3) is 0 Å². The summed E-state index contributed by atoms with van der Waals surface area (Å²) in [5, 5.41) is 8.81. The zero-order valence-electron chi connectivity index (χ0n) is 10.9. The van der Waals surface area contributed by atoms with Gasteiger partial charge < -0.3 is 10.0 Å². The summed E-state index contributed by atoms with van der Waals surface area (Å²) >= 11 is 0. The Labute approximate surface area is 108 Å². The van der Waals surface area contributed by atoms with Gasteiger partial charge in [-0.2, -0.15) is 0 Å². The van der Waals surface area contributed by atoms with Crippen LogP contribution in [0.3, 0.4) is 0 Å². The molecule has 1 unspecified atom stereocenters. The molecule has 18 heavy (non-hydrogen) atoms. The Morgan fingerprint density at radius 1 is 1.44 bits per heavy atom. The van der Waals surface area contributed by atoms with E-state index in [9.17, 15) is 4.79 Å². The number of aliphatic carboxylic acids is 1. The van der Waals surface area contributed by atoms with Gasteiger partial charge in [-0.25, -0.2) is 0 Å². The van der Waals surface area contributed by atoms with E-state index in [2.05, 4.69) is 36.1 Å². The van der Waals surface area contributed by atoms with Crippen LogP contribution in [0.4, 0.5) is 5.69 Å². The number of rotatable bonds is 5. The minimum Gasteiger partial charge on any atom is -0.481 e. The van der Waals surface area contributed by atoms with E-state index in [-0.39, 0.29) is 6.42 Å². The minimum atomic E-state index is -0.689. The lowest BCUT2D eigenvalue weighted by molar-refractivity contribution is -0.137. The van der Waals surface area contributed by atoms with Crippen LogP contribution < -0.4 is 4.90 Å². The van der Waals surface area contributed by atoms with Crippen LogP contribution in [-0.2, 0) is 11.2 Å². The third-order valence-corrected chi connectivity index (χ3v) is 3.75. The number of carbonyl (C=O) groups is 1. The molecule has 1 fully saturated rings. The normalized spacial score (nSPS) is 19.2. The lowest BCUT2D eigenvalue weighted by atomic mass is 10.1. The molecular weight excluding hydrogens is 226 g/mol. The largest absolute Gasteiger partial charge is 0.481 e. The first kappa shape index (κ1) is 12.9. The molecule has 1 aromatic carbocycles. The van der Waals surface area contributed by atoms with E-state index in [1.165, 1.54) is 17.7 Å². The third-order valence-electron chi connectivity index (χ3n) is 3.75. The first-order chi connectivity index (χ1) is 8.72. The summed E-state index contributed by atoms with van der Waals surface area (Å²) in [5.41, 5.74) is 2.66. The van der Waals surface area contributed by atoms with Crippen LogP contribution >= 0.6 is 0 Å². The topological polar surface area (TPSA) is 40.5 Å². The maximum absolute atomic E-state index is 10.7. The van der Waals surface area contributed by atoms with Gasteiger partial charge in [-0.1, -0.05) is 25.1 Å². The number of carboxylic acids is 1. The second-order valence-corrected chi connectivity index (χ2v) is 4.90. The number of benzene rings is 1. The highest BCUT2D eigenvalue weighted by Crippen LogP contribution is 2.30. The van der Waals surface area contributed by atoms with Gasteiger partial charge in [0.1, 0.15) is 0 Å². The van der Waals surface area contributed by atoms with Crippen molar-refractivity contribution in [3.63, 3.8) is 0 Å². The van der Waals surface area contributed by atoms with Gasteiger partial charge in [0.15, 0.2) is 0 Å². The number of aryl methyl sites for hydroxylation is 1. The van der Waals surface area contributed by atoms with Crippen molar-refractivity contribution in [2.75, 3.05) is 11.4 Å². The fourth-order valence-electron chi connectivity index (χ4n) is 2.83. The fraction of sp³-hybridized carbons (Fsp3) is 0.533. The average Bonchev–Trinajstić information content (AvgIpc) is 2.84. The molecule has 0 spiro atoms. The number of carboxylic acid groups (broad SMARTS) is 1. The van der Waals surface area contributed by atoms with Crippen molar-refractivity contribution in [3.05, 3.63) is 29.8 Å². The molecule has 0 radical (unpaired) electrons. The Hall–Kier alpha value is -1.51. The standard InChI is InChI=1S/C15H21NO2/c1-2-12-6-3-4-8-14(12)16-11-5-7-13(16)9-10-15(17)18/h3-4,6,8,13H,2,5,7,9-11H2,1H3,(H,17,18). The number of hydrogen-bond donors (Lipinski definition) is 1. The van der Waals surface area contributed by atoms with Crippen LogP contribution in [0.1, 0.15) is 38.2 Å². The molecule has 0 saturated carbocycles. The Kier molecular flexibility index (Phi) is 4.24. The summed E-state index contributed by atoms with van der Waals surface area (Å²) in [4.78, 5) is 13.1. The van der Waals surface area contributed by atoms with Crippen molar-refractivity contribution in [2.24, 2.45) is 0 Å². The van der Waals surface area contributed by atoms with E-state index in [1.54, 1.807) is 0 Å². The quantitative estimate of drug-likeness (QED) is 0.869. The van der Waals surface area contributed by atoms with E-state index in [1.807, 2.05) is 0 Å². The second kappa shape index (κ2) is 5.89. The number of para-hydroxylation sites is 1. The molecule has 3 heteroatoms.